The lowest BCUT2D eigenvalue weighted by atomic mass is 9.78. The number of morpholine rings is 1. The highest BCUT2D eigenvalue weighted by Gasteiger charge is 2.41. The Hall–Kier alpha value is -5.08. The number of aryl methyl sites for hydroxylation is 1. The first-order valence-corrected chi connectivity index (χ1v) is 22.7. The van der Waals surface area contributed by atoms with E-state index in [-0.39, 0.29) is 82.2 Å². The number of aliphatic hydroxyl groups is 1. The summed E-state index contributed by atoms with van der Waals surface area (Å²) in [5.74, 6) is -5.25. The molecule has 0 bridgehead atoms. The van der Waals surface area contributed by atoms with Crippen LogP contribution >= 0.6 is 22.7 Å². The number of aromatic nitrogens is 2. The number of benzene rings is 2. The van der Waals surface area contributed by atoms with Crippen LogP contribution in [0.3, 0.4) is 0 Å². The van der Waals surface area contributed by atoms with E-state index in [9.17, 15) is 33.1 Å². The summed E-state index contributed by atoms with van der Waals surface area (Å²) in [6, 6.07) is 9.06. The number of ether oxygens (including phenoxy) is 3. The van der Waals surface area contributed by atoms with Gasteiger partial charge in [0.2, 0.25) is 29.4 Å². The fourth-order valence-corrected chi connectivity index (χ4v) is 9.47. The largest absolute Gasteiger partial charge is 0.487 e. The highest BCUT2D eigenvalue weighted by molar-refractivity contribution is 7.14. The molecule has 0 aliphatic carbocycles. The maximum Gasteiger partial charge on any atom is 0.243 e. The summed E-state index contributed by atoms with van der Waals surface area (Å²) in [5.41, 5.74) is 10.3. The molecule has 2 aliphatic heterocycles. The fraction of sp³-hybridized carbons (Fsp3) is 0.500. The van der Waals surface area contributed by atoms with Gasteiger partial charge in [0.1, 0.15) is 12.6 Å². The molecule has 5 N–H and O–H groups in total. The summed E-state index contributed by atoms with van der Waals surface area (Å²) < 4.78 is 45.7. The highest BCUT2D eigenvalue weighted by Crippen LogP contribution is 2.37. The van der Waals surface area contributed by atoms with Crippen LogP contribution in [0.5, 0.6) is 5.75 Å². The molecule has 15 nitrogen and oxygen atoms in total. The van der Waals surface area contributed by atoms with Gasteiger partial charge in [-0.2, -0.15) is 4.39 Å². The number of carbonyl (C=O) groups is 4. The van der Waals surface area contributed by atoms with Gasteiger partial charge in [-0.25, -0.2) is 14.4 Å². The number of nitrogens with one attached hydrogen (secondary N) is 2. The van der Waals surface area contributed by atoms with Gasteiger partial charge < -0.3 is 45.5 Å². The van der Waals surface area contributed by atoms with Crippen LogP contribution in [-0.2, 0) is 28.7 Å². The molecule has 2 aliphatic rings. The maximum atomic E-state index is 14.9. The topological polar surface area (TPSA) is 199 Å². The molecule has 63 heavy (non-hydrogen) atoms. The van der Waals surface area contributed by atoms with Crippen LogP contribution in [-0.4, -0.2) is 115 Å². The molecule has 4 heterocycles. The Labute approximate surface area is 373 Å². The summed E-state index contributed by atoms with van der Waals surface area (Å²) >= 11 is 2.95. The smallest absolute Gasteiger partial charge is 0.243 e. The van der Waals surface area contributed by atoms with E-state index < -0.39 is 46.9 Å². The van der Waals surface area contributed by atoms with Gasteiger partial charge >= 0.3 is 0 Å². The summed E-state index contributed by atoms with van der Waals surface area (Å²) in [4.78, 5) is 66.1. The van der Waals surface area contributed by atoms with Crippen molar-refractivity contribution in [1.82, 2.24) is 25.5 Å². The number of nitrogens with two attached hydrogens (primary N) is 1. The molecule has 0 radical (unpaired) electrons. The van der Waals surface area contributed by atoms with Gasteiger partial charge in [-0.3, -0.25) is 19.2 Å². The lowest BCUT2D eigenvalue weighted by molar-refractivity contribution is -0.140. The number of anilines is 1. The van der Waals surface area contributed by atoms with E-state index in [1.807, 2.05) is 38.1 Å². The van der Waals surface area contributed by atoms with E-state index in [0.717, 1.165) is 32.9 Å². The number of amides is 4. The van der Waals surface area contributed by atoms with E-state index in [0.29, 0.717) is 37.6 Å². The van der Waals surface area contributed by atoms with Crippen molar-refractivity contribution in [2.24, 2.45) is 17.1 Å². The van der Waals surface area contributed by atoms with Gasteiger partial charge in [0.25, 0.3) is 0 Å². The Morgan fingerprint density at radius 1 is 1.06 bits per heavy atom. The third-order valence-corrected chi connectivity index (χ3v) is 13.0. The minimum Gasteiger partial charge on any atom is -0.487 e. The molecule has 2 aromatic carbocycles. The summed E-state index contributed by atoms with van der Waals surface area (Å²) in [7, 11) is 0. The number of thiazole rings is 2. The number of β-amino-alcohol motifs (C(OH)–C–C–N with tert-alkyl or cyclic N) is 1. The van der Waals surface area contributed by atoms with Crippen LogP contribution < -0.4 is 26.0 Å². The van der Waals surface area contributed by atoms with Gasteiger partial charge in [0, 0.05) is 62.3 Å². The van der Waals surface area contributed by atoms with Crippen molar-refractivity contribution in [3.63, 3.8) is 0 Å². The molecule has 1 unspecified atom stereocenters. The fourth-order valence-electron chi connectivity index (χ4n) is 7.78. The number of carbonyl (C=O) groups excluding carboxylic acids is 4. The van der Waals surface area contributed by atoms with Gasteiger partial charge in [0.05, 0.1) is 60.3 Å². The second-order valence-electron chi connectivity index (χ2n) is 16.6. The van der Waals surface area contributed by atoms with Crippen LogP contribution in [0, 0.1) is 29.9 Å². The molecule has 4 amide bonds. The second kappa shape index (κ2) is 21.5. The van der Waals surface area contributed by atoms with E-state index in [1.54, 1.807) is 36.1 Å². The lowest BCUT2D eigenvalue weighted by Crippen LogP contribution is -2.47. The molecule has 6 rings (SSSR count). The number of aliphatic hydroxyl groups excluding tert-OH is 1. The molecular formula is C44H55F2N7O8S2. The summed E-state index contributed by atoms with van der Waals surface area (Å²) in [6.07, 6.45) is -0.954. The van der Waals surface area contributed by atoms with Crippen molar-refractivity contribution in [3.05, 3.63) is 70.2 Å². The average molecular weight is 912 g/mol. The first-order valence-electron chi connectivity index (χ1n) is 20.9. The van der Waals surface area contributed by atoms with Crippen LogP contribution in [0.2, 0.25) is 0 Å². The number of halogens is 2. The third kappa shape index (κ3) is 12.6. The molecular weight excluding hydrogens is 857 g/mol. The predicted molar refractivity (Wildman–Crippen MR) is 235 cm³/mol. The number of likely N-dealkylation sites (tertiary alicyclic amines) is 1. The molecule has 4 atom stereocenters. The van der Waals surface area contributed by atoms with Crippen LogP contribution in [0.15, 0.2) is 47.3 Å². The SMILES string of the molecule is Cc1ncsc1-c1ccc([C@H](C)NC(=O)[C@@H]2C[C@@H](O)CN2C(=O)CC(C)(C)CC(CC(=O)NCCOCCOc2c(-c3csc(N4CCOCC4)n3)ccc(F)c2F)C(N)=O)cc1. The lowest BCUT2D eigenvalue weighted by Gasteiger charge is -2.32. The van der Waals surface area contributed by atoms with Crippen molar-refractivity contribution in [3.8, 4) is 27.4 Å². The first-order chi connectivity index (χ1) is 30.1. The van der Waals surface area contributed by atoms with Crippen molar-refractivity contribution < 1.29 is 47.3 Å². The zero-order chi connectivity index (χ0) is 45.3. The van der Waals surface area contributed by atoms with Crippen LogP contribution in [0.1, 0.15) is 63.8 Å². The Morgan fingerprint density at radius 2 is 1.81 bits per heavy atom. The summed E-state index contributed by atoms with van der Waals surface area (Å²) in [5, 5.41) is 18.7. The number of hydrogen-bond acceptors (Lipinski definition) is 13. The van der Waals surface area contributed by atoms with Crippen LogP contribution in [0.4, 0.5) is 13.9 Å². The van der Waals surface area contributed by atoms with Crippen molar-refractivity contribution in [1.29, 1.82) is 0 Å². The number of hydrogen-bond donors (Lipinski definition) is 4. The molecule has 4 aromatic rings. The predicted octanol–water partition coefficient (Wildman–Crippen LogP) is 5.01. The van der Waals surface area contributed by atoms with E-state index in [1.165, 1.54) is 22.3 Å². The first kappa shape index (κ1) is 47.4. The molecule has 19 heteroatoms. The average Bonchev–Trinajstić information content (AvgIpc) is 4.02. The Bertz CT molecular complexity index is 2220. The molecule has 0 spiro atoms. The minimum atomic E-state index is -1.13. The maximum absolute atomic E-state index is 14.9. The van der Waals surface area contributed by atoms with Crippen molar-refractivity contribution >= 4 is 51.4 Å². The van der Waals surface area contributed by atoms with E-state index in [2.05, 4.69) is 25.5 Å². The zero-order valence-electron chi connectivity index (χ0n) is 35.9. The second-order valence-corrected chi connectivity index (χ2v) is 18.3. The van der Waals surface area contributed by atoms with Crippen LogP contribution in [0.25, 0.3) is 21.7 Å². The Morgan fingerprint density at radius 3 is 2.51 bits per heavy atom. The normalized spacial score (nSPS) is 17.6. The minimum absolute atomic E-state index is 0.00515. The Balaban J connectivity index is 0.927. The number of rotatable bonds is 20. The molecule has 2 aromatic heterocycles. The summed E-state index contributed by atoms with van der Waals surface area (Å²) in [6.45, 7) is 9.96. The van der Waals surface area contributed by atoms with Crippen molar-refractivity contribution in [2.75, 3.05) is 64.1 Å². The van der Waals surface area contributed by atoms with Crippen molar-refractivity contribution in [2.45, 2.75) is 71.6 Å². The van der Waals surface area contributed by atoms with E-state index >= 15 is 0 Å². The molecule has 0 saturated carbocycles. The monoisotopic (exact) mass is 911 g/mol. The molecule has 2 saturated heterocycles. The molecule has 340 valence electrons. The van der Waals surface area contributed by atoms with E-state index in [4.69, 9.17) is 19.9 Å². The number of primary amides is 1. The third-order valence-electron chi connectivity index (χ3n) is 11.1. The standard InChI is InChI=1S/C44H55F2N7O8S2/c1-26(28-5-7-29(8-6-28)40-27(2)49-25-63-40)50-42(58)35-20-31(54)23-53(35)37(56)22-44(3,4)21-30(41(47)57)19-36(55)48-11-14-59-17-18-61-39-32(9-10-33(45)38(39)46)34-24-62-43(51-34)52-12-15-60-16-13-52/h5-10,24-26,30-31,35,54H,11-23H2,1-4H3,(H2,47,57)(H,48,55)(H,50,58)/t26-,30?,31+,35-/m0/s1. The zero-order valence-corrected chi connectivity index (χ0v) is 37.5. The van der Waals surface area contributed by atoms with Gasteiger partial charge in [-0.1, -0.05) is 38.1 Å². The van der Waals surface area contributed by atoms with Gasteiger partial charge in [-0.15, -0.1) is 22.7 Å². The van der Waals surface area contributed by atoms with Gasteiger partial charge in [0.15, 0.2) is 16.7 Å². The Kier molecular flexibility index (Phi) is 16.2. The number of nitrogens with zero attached hydrogens (tertiary/aromatic N) is 4. The molecule has 2 fully saturated rings. The van der Waals surface area contributed by atoms with Gasteiger partial charge in [-0.05, 0) is 48.9 Å². The quantitative estimate of drug-likeness (QED) is 0.0871. The highest BCUT2D eigenvalue weighted by atomic mass is 32.1.